The largest absolute Gasteiger partial charge is 0.327 e. The zero-order chi connectivity index (χ0) is 7.82. The zero-order valence-corrected chi connectivity index (χ0v) is 7.79. The fraction of sp³-hybridized carbons (Fsp3) is 0.714. The molecule has 0 aliphatic heterocycles. The van der Waals surface area contributed by atoms with Crippen molar-refractivity contribution in [3.05, 3.63) is 11.6 Å². The minimum absolute atomic E-state index is 0.341. The van der Waals surface area contributed by atoms with E-state index in [0.717, 1.165) is 17.9 Å². The SMILES string of the molecule is CCC(N)CSC/C=C/Cl. The molecule has 1 nitrogen and oxygen atoms in total. The van der Waals surface area contributed by atoms with Crippen molar-refractivity contribution in [3.63, 3.8) is 0 Å². The topological polar surface area (TPSA) is 26.0 Å². The third kappa shape index (κ3) is 6.46. The van der Waals surface area contributed by atoms with Crippen molar-refractivity contribution in [1.29, 1.82) is 0 Å². The number of thioether (sulfide) groups is 1. The van der Waals surface area contributed by atoms with E-state index in [2.05, 4.69) is 6.92 Å². The van der Waals surface area contributed by atoms with Gasteiger partial charge in [-0.1, -0.05) is 24.6 Å². The lowest BCUT2D eigenvalue weighted by molar-refractivity contribution is 0.725. The van der Waals surface area contributed by atoms with E-state index in [9.17, 15) is 0 Å². The lowest BCUT2D eigenvalue weighted by atomic mass is 10.3. The Morgan fingerprint density at radius 3 is 2.90 bits per heavy atom. The van der Waals surface area contributed by atoms with E-state index in [0.29, 0.717) is 6.04 Å². The number of halogens is 1. The predicted octanol–water partition coefficient (Wildman–Crippen LogP) is 2.21. The summed E-state index contributed by atoms with van der Waals surface area (Å²) in [6.07, 6.45) is 2.98. The van der Waals surface area contributed by atoms with Gasteiger partial charge >= 0.3 is 0 Å². The first-order chi connectivity index (χ1) is 4.81. The molecule has 0 spiro atoms. The molecule has 0 saturated carbocycles. The van der Waals surface area contributed by atoms with Crippen LogP contribution in [0.5, 0.6) is 0 Å². The first-order valence-corrected chi connectivity index (χ1v) is 4.99. The first-order valence-electron chi connectivity index (χ1n) is 3.39. The van der Waals surface area contributed by atoms with E-state index >= 15 is 0 Å². The van der Waals surface area contributed by atoms with Crippen LogP contribution in [0.15, 0.2) is 11.6 Å². The highest BCUT2D eigenvalue weighted by atomic mass is 35.5. The maximum atomic E-state index is 5.68. The third-order valence-electron chi connectivity index (χ3n) is 1.16. The molecule has 1 atom stereocenters. The van der Waals surface area contributed by atoms with Crippen LogP contribution in [0.3, 0.4) is 0 Å². The van der Waals surface area contributed by atoms with Gasteiger partial charge in [-0.2, -0.15) is 11.8 Å². The molecule has 0 heterocycles. The fourth-order valence-corrected chi connectivity index (χ4v) is 1.54. The molecule has 0 aliphatic carbocycles. The lowest BCUT2D eigenvalue weighted by Gasteiger charge is -2.05. The molecule has 0 aromatic carbocycles. The van der Waals surface area contributed by atoms with Crippen LogP contribution in [0.4, 0.5) is 0 Å². The fourth-order valence-electron chi connectivity index (χ4n) is 0.442. The summed E-state index contributed by atoms with van der Waals surface area (Å²) in [5, 5.41) is 0. The lowest BCUT2D eigenvalue weighted by Crippen LogP contribution is -2.21. The van der Waals surface area contributed by atoms with E-state index in [1.807, 2.05) is 17.8 Å². The Bertz CT molecular complexity index is 95.6. The molecule has 3 heteroatoms. The number of rotatable bonds is 5. The smallest absolute Gasteiger partial charge is 0.0127 e. The third-order valence-corrected chi connectivity index (χ3v) is 2.43. The standard InChI is InChI=1S/C7H14ClNS/c1-2-7(9)6-10-5-3-4-8/h3-4,7H,2,5-6,9H2,1H3/b4-3+. The maximum absolute atomic E-state index is 5.68. The van der Waals surface area contributed by atoms with Gasteiger partial charge in [0.15, 0.2) is 0 Å². The molecule has 2 N–H and O–H groups in total. The summed E-state index contributed by atoms with van der Waals surface area (Å²) < 4.78 is 0. The molecule has 0 amide bonds. The van der Waals surface area contributed by atoms with Crippen LogP contribution >= 0.6 is 23.4 Å². The second-order valence-corrected chi connectivity index (χ2v) is 3.39. The van der Waals surface area contributed by atoms with Crippen molar-refractivity contribution in [2.45, 2.75) is 19.4 Å². The van der Waals surface area contributed by atoms with Gasteiger partial charge in [0.2, 0.25) is 0 Å². The highest BCUT2D eigenvalue weighted by Crippen LogP contribution is 2.03. The summed E-state index contributed by atoms with van der Waals surface area (Å²) in [5.74, 6) is 1.99. The molecule has 0 bridgehead atoms. The van der Waals surface area contributed by atoms with Gasteiger partial charge in [0, 0.05) is 23.1 Å². The van der Waals surface area contributed by atoms with Gasteiger partial charge in [-0.3, -0.25) is 0 Å². The van der Waals surface area contributed by atoms with E-state index in [1.165, 1.54) is 0 Å². The first kappa shape index (κ1) is 10.3. The molecule has 0 aromatic heterocycles. The Morgan fingerprint density at radius 2 is 2.40 bits per heavy atom. The molecule has 10 heavy (non-hydrogen) atoms. The molecule has 0 rings (SSSR count). The van der Waals surface area contributed by atoms with Gasteiger partial charge in [-0.25, -0.2) is 0 Å². The van der Waals surface area contributed by atoms with Crippen LogP contribution in [0.1, 0.15) is 13.3 Å². The summed E-state index contributed by atoms with van der Waals surface area (Å²) in [6.45, 7) is 2.10. The molecule has 0 saturated heterocycles. The van der Waals surface area contributed by atoms with Gasteiger partial charge in [-0.05, 0) is 6.42 Å². The van der Waals surface area contributed by atoms with E-state index < -0.39 is 0 Å². The molecule has 1 unspecified atom stereocenters. The molecule has 0 aliphatic rings. The van der Waals surface area contributed by atoms with Crippen molar-refractivity contribution in [3.8, 4) is 0 Å². The van der Waals surface area contributed by atoms with Crippen molar-refractivity contribution in [1.82, 2.24) is 0 Å². The quantitative estimate of drug-likeness (QED) is 0.655. The average molecular weight is 180 g/mol. The van der Waals surface area contributed by atoms with Gasteiger partial charge in [0.25, 0.3) is 0 Å². The van der Waals surface area contributed by atoms with E-state index in [-0.39, 0.29) is 0 Å². The van der Waals surface area contributed by atoms with E-state index in [1.54, 1.807) is 5.54 Å². The zero-order valence-electron chi connectivity index (χ0n) is 6.22. The van der Waals surface area contributed by atoms with Crippen molar-refractivity contribution in [2.24, 2.45) is 5.73 Å². The summed E-state index contributed by atoms with van der Waals surface area (Å²) in [7, 11) is 0. The molecule has 0 aromatic rings. The van der Waals surface area contributed by atoms with Crippen molar-refractivity contribution in [2.75, 3.05) is 11.5 Å². The minimum Gasteiger partial charge on any atom is -0.327 e. The highest BCUT2D eigenvalue weighted by molar-refractivity contribution is 7.99. The summed E-state index contributed by atoms with van der Waals surface area (Å²) in [5.41, 5.74) is 7.22. The molecule has 0 fully saturated rings. The predicted molar refractivity (Wildman–Crippen MR) is 50.6 cm³/mol. The average Bonchev–Trinajstić information content (AvgIpc) is 1.98. The van der Waals surface area contributed by atoms with E-state index in [4.69, 9.17) is 17.3 Å². The van der Waals surface area contributed by atoms with Gasteiger partial charge in [0.1, 0.15) is 0 Å². The minimum atomic E-state index is 0.341. The molecular weight excluding hydrogens is 166 g/mol. The Labute approximate surface area is 72.0 Å². The van der Waals surface area contributed by atoms with Gasteiger partial charge < -0.3 is 5.73 Å². The summed E-state index contributed by atoms with van der Waals surface area (Å²) in [6, 6.07) is 0.341. The van der Waals surface area contributed by atoms with Crippen LogP contribution in [0.2, 0.25) is 0 Å². The Kier molecular flexibility index (Phi) is 7.70. The Morgan fingerprint density at radius 1 is 1.70 bits per heavy atom. The summed E-state index contributed by atoms with van der Waals surface area (Å²) in [4.78, 5) is 0. The van der Waals surface area contributed by atoms with Crippen LogP contribution < -0.4 is 5.73 Å². The Balaban J connectivity index is 3.03. The monoisotopic (exact) mass is 179 g/mol. The molecular formula is C7H14ClNS. The highest BCUT2D eigenvalue weighted by Gasteiger charge is 1.95. The number of nitrogens with two attached hydrogens (primary N) is 1. The number of hydrogen-bond acceptors (Lipinski definition) is 2. The molecule has 60 valence electrons. The maximum Gasteiger partial charge on any atom is 0.0127 e. The van der Waals surface area contributed by atoms with Crippen molar-refractivity contribution < 1.29 is 0 Å². The van der Waals surface area contributed by atoms with Crippen LogP contribution in [-0.2, 0) is 0 Å². The normalized spacial score (nSPS) is 14.3. The van der Waals surface area contributed by atoms with Gasteiger partial charge in [0.05, 0.1) is 0 Å². The number of hydrogen-bond donors (Lipinski definition) is 1. The Hall–Kier alpha value is 0.340. The van der Waals surface area contributed by atoms with Gasteiger partial charge in [-0.15, -0.1) is 0 Å². The second-order valence-electron chi connectivity index (χ2n) is 2.07. The van der Waals surface area contributed by atoms with Crippen LogP contribution in [0, 0.1) is 0 Å². The second kappa shape index (κ2) is 7.45. The van der Waals surface area contributed by atoms with Crippen LogP contribution in [-0.4, -0.2) is 17.5 Å². The van der Waals surface area contributed by atoms with Crippen LogP contribution in [0.25, 0.3) is 0 Å². The molecule has 0 radical (unpaired) electrons. The summed E-state index contributed by atoms with van der Waals surface area (Å²) >= 11 is 7.14. The van der Waals surface area contributed by atoms with Crippen molar-refractivity contribution >= 4 is 23.4 Å².